The molecule has 1 heterocycles. The molecule has 1 aromatic heterocycles. The molecule has 4 heteroatoms. The van der Waals surface area contributed by atoms with Crippen molar-refractivity contribution in [1.29, 1.82) is 0 Å². The third kappa shape index (κ3) is 2.19. The van der Waals surface area contributed by atoms with Gasteiger partial charge in [0.15, 0.2) is 5.16 Å². The summed E-state index contributed by atoms with van der Waals surface area (Å²) in [5, 5.41) is 12.8. The Bertz CT molecular complexity index is 721. The van der Waals surface area contributed by atoms with Crippen LogP contribution in [0.2, 0.25) is 0 Å². The first kappa shape index (κ1) is 12.1. The number of phenolic OH excluding ortho intramolecular Hbond substituents is 1. The minimum absolute atomic E-state index is 0.318. The van der Waals surface area contributed by atoms with Crippen LogP contribution in [0.15, 0.2) is 58.8 Å². The summed E-state index contributed by atoms with van der Waals surface area (Å²) in [7, 11) is 0. The lowest BCUT2D eigenvalue weighted by molar-refractivity contribution is 0.481. The first-order valence-corrected chi connectivity index (χ1v) is 7.01. The molecule has 3 aromatic rings. The fourth-order valence-electron chi connectivity index (χ4n) is 2.08. The molecule has 0 spiro atoms. The average Bonchev–Trinajstić information content (AvgIpc) is 2.89. The van der Waals surface area contributed by atoms with Crippen LogP contribution >= 0.6 is 11.8 Å². The fraction of sp³-hybridized carbons (Fsp3) is 0.133. The maximum Gasteiger partial charge on any atom is 0.172 e. The van der Waals surface area contributed by atoms with E-state index in [0.29, 0.717) is 5.75 Å². The van der Waals surface area contributed by atoms with Gasteiger partial charge in [-0.1, -0.05) is 36.0 Å². The number of nitrogens with zero attached hydrogens (tertiary/aromatic N) is 2. The van der Waals surface area contributed by atoms with Crippen LogP contribution in [-0.2, 0) is 6.54 Å². The van der Waals surface area contributed by atoms with Crippen LogP contribution in [-0.4, -0.2) is 14.7 Å². The Balaban J connectivity index is 2.09. The van der Waals surface area contributed by atoms with E-state index in [1.165, 1.54) is 0 Å². The van der Waals surface area contributed by atoms with Crippen molar-refractivity contribution in [1.82, 2.24) is 9.55 Å². The van der Waals surface area contributed by atoms with Crippen molar-refractivity contribution in [2.75, 3.05) is 0 Å². The Kier molecular flexibility index (Phi) is 3.17. The van der Waals surface area contributed by atoms with Crippen molar-refractivity contribution >= 4 is 22.5 Å². The lowest BCUT2D eigenvalue weighted by Crippen LogP contribution is -1.94. The van der Waals surface area contributed by atoms with Gasteiger partial charge in [-0.2, -0.15) is 0 Å². The van der Waals surface area contributed by atoms with Crippen molar-refractivity contribution in [3.63, 3.8) is 0 Å². The number of aromatic hydroxyl groups is 1. The van der Waals surface area contributed by atoms with Crippen LogP contribution in [0.25, 0.3) is 10.8 Å². The minimum atomic E-state index is 0.318. The van der Waals surface area contributed by atoms with Gasteiger partial charge in [0.25, 0.3) is 0 Å². The largest absolute Gasteiger partial charge is 0.507 e. The minimum Gasteiger partial charge on any atom is -0.507 e. The summed E-state index contributed by atoms with van der Waals surface area (Å²) in [5.74, 6) is 0.318. The van der Waals surface area contributed by atoms with E-state index in [1.807, 2.05) is 42.7 Å². The van der Waals surface area contributed by atoms with Crippen molar-refractivity contribution < 1.29 is 5.11 Å². The molecular formula is C15H14N2OS. The van der Waals surface area contributed by atoms with E-state index in [1.54, 1.807) is 17.8 Å². The predicted molar refractivity (Wildman–Crippen MR) is 77.6 cm³/mol. The van der Waals surface area contributed by atoms with Gasteiger partial charge >= 0.3 is 0 Å². The number of hydrogen-bond acceptors (Lipinski definition) is 3. The molecule has 0 unspecified atom stereocenters. The second-order valence-electron chi connectivity index (χ2n) is 4.23. The molecular weight excluding hydrogens is 256 g/mol. The third-order valence-corrected chi connectivity index (χ3v) is 4.18. The summed E-state index contributed by atoms with van der Waals surface area (Å²) in [5.41, 5.74) is 0. The summed E-state index contributed by atoms with van der Waals surface area (Å²) in [4.78, 5) is 5.48. The van der Waals surface area contributed by atoms with Gasteiger partial charge in [0.1, 0.15) is 5.75 Å². The molecule has 0 atom stereocenters. The van der Waals surface area contributed by atoms with Gasteiger partial charge < -0.3 is 9.67 Å². The number of aryl methyl sites for hydroxylation is 1. The van der Waals surface area contributed by atoms with E-state index < -0.39 is 0 Å². The van der Waals surface area contributed by atoms with Crippen LogP contribution in [0.5, 0.6) is 5.75 Å². The van der Waals surface area contributed by atoms with Crippen molar-refractivity contribution in [2.24, 2.45) is 0 Å². The molecule has 1 N–H and O–H groups in total. The number of aromatic nitrogens is 2. The van der Waals surface area contributed by atoms with Gasteiger partial charge in [0.05, 0.1) is 0 Å². The van der Waals surface area contributed by atoms with Crippen LogP contribution in [0.3, 0.4) is 0 Å². The summed E-state index contributed by atoms with van der Waals surface area (Å²) < 4.78 is 2.10. The molecule has 19 heavy (non-hydrogen) atoms. The molecule has 0 aliphatic carbocycles. The highest BCUT2D eigenvalue weighted by Crippen LogP contribution is 2.36. The van der Waals surface area contributed by atoms with Crippen molar-refractivity contribution in [2.45, 2.75) is 23.5 Å². The van der Waals surface area contributed by atoms with E-state index in [-0.39, 0.29) is 0 Å². The molecule has 2 aromatic carbocycles. The Morgan fingerprint density at radius 2 is 1.95 bits per heavy atom. The number of imidazole rings is 1. The van der Waals surface area contributed by atoms with E-state index >= 15 is 0 Å². The van der Waals surface area contributed by atoms with Crippen molar-refractivity contribution in [3.8, 4) is 5.75 Å². The summed E-state index contributed by atoms with van der Waals surface area (Å²) in [6.07, 6.45) is 3.79. The molecule has 0 bridgehead atoms. The number of rotatable bonds is 3. The highest BCUT2D eigenvalue weighted by molar-refractivity contribution is 7.99. The Hall–Kier alpha value is -1.94. The number of hydrogen-bond donors (Lipinski definition) is 1. The smallest absolute Gasteiger partial charge is 0.172 e. The monoisotopic (exact) mass is 270 g/mol. The molecule has 0 fully saturated rings. The average molecular weight is 270 g/mol. The van der Waals surface area contributed by atoms with E-state index in [0.717, 1.165) is 27.4 Å². The predicted octanol–water partition coefficient (Wildman–Crippen LogP) is 3.91. The van der Waals surface area contributed by atoms with Crippen LogP contribution in [0, 0.1) is 0 Å². The lowest BCUT2D eigenvalue weighted by atomic mass is 10.1. The molecule has 0 radical (unpaired) electrons. The quantitative estimate of drug-likeness (QED) is 0.784. The number of benzene rings is 2. The molecule has 0 aliphatic heterocycles. The first-order chi connectivity index (χ1) is 9.29. The highest BCUT2D eigenvalue weighted by Gasteiger charge is 2.09. The van der Waals surface area contributed by atoms with E-state index in [4.69, 9.17) is 0 Å². The Morgan fingerprint density at radius 3 is 2.74 bits per heavy atom. The summed E-state index contributed by atoms with van der Waals surface area (Å²) in [6.45, 7) is 3.00. The third-order valence-electron chi connectivity index (χ3n) is 3.08. The normalized spacial score (nSPS) is 11.0. The zero-order valence-electron chi connectivity index (χ0n) is 10.6. The summed E-state index contributed by atoms with van der Waals surface area (Å²) in [6, 6.07) is 11.6. The maximum absolute atomic E-state index is 9.89. The van der Waals surface area contributed by atoms with Gasteiger partial charge in [-0.3, -0.25) is 0 Å². The topological polar surface area (TPSA) is 38.0 Å². The zero-order valence-corrected chi connectivity index (χ0v) is 11.4. The zero-order chi connectivity index (χ0) is 13.2. The van der Waals surface area contributed by atoms with Crippen LogP contribution in [0.4, 0.5) is 0 Å². The molecule has 0 saturated carbocycles. The standard InChI is InChI=1S/C15H14N2OS/c1-2-17-10-9-16-15(17)19-14-8-7-13(18)11-5-3-4-6-12(11)14/h3-10,18H,2H2,1H3. The molecule has 0 saturated heterocycles. The van der Waals surface area contributed by atoms with Gasteiger partial charge in [0.2, 0.25) is 0 Å². The molecule has 0 amide bonds. The number of phenols is 1. The maximum atomic E-state index is 9.89. The summed E-state index contributed by atoms with van der Waals surface area (Å²) >= 11 is 1.62. The van der Waals surface area contributed by atoms with Gasteiger partial charge in [0, 0.05) is 29.2 Å². The highest BCUT2D eigenvalue weighted by atomic mass is 32.2. The molecule has 3 rings (SSSR count). The van der Waals surface area contributed by atoms with Gasteiger partial charge in [-0.25, -0.2) is 4.98 Å². The Labute approximate surface area is 115 Å². The fourth-order valence-corrected chi connectivity index (χ4v) is 3.13. The van der Waals surface area contributed by atoms with Crippen LogP contribution in [0.1, 0.15) is 6.92 Å². The molecule has 3 nitrogen and oxygen atoms in total. The molecule has 96 valence electrons. The first-order valence-electron chi connectivity index (χ1n) is 6.19. The second kappa shape index (κ2) is 4.97. The Morgan fingerprint density at radius 1 is 1.16 bits per heavy atom. The van der Waals surface area contributed by atoms with E-state index in [2.05, 4.69) is 16.5 Å². The molecule has 0 aliphatic rings. The SMILES string of the molecule is CCn1ccnc1Sc1ccc(O)c2ccccc12. The van der Waals surface area contributed by atoms with Gasteiger partial charge in [-0.15, -0.1) is 0 Å². The van der Waals surface area contributed by atoms with Gasteiger partial charge in [-0.05, 0) is 24.4 Å². The van der Waals surface area contributed by atoms with Crippen molar-refractivity contribution in [3.05, 3.63) is 48.8 Å². The van der Waals surface area contributed by atoms with E-state index in [9.17, 15) is 5.11 Å². The van der Waals surface area contributed by atoms with Crippen LogP contribution < -0.4 is 0 Å². The number of fused-ring (bicyclic) bond motifs is 1. The second-order valence-corrected chi connectivity index (χ2v) is 5.24. The lowest BCUT2D eigenvalue weighted by Gasteiger charge is -2.08.